The van der Waals surface area contributed by atoms with Gasteiger partial charge in [0.15, 0.2) is 0 Å². The van der Waals surface area contributed by atoms with Gasteiger partial charge in [-0.05, 0) is 19.8 Å². The predicted molar refractivity (Wildman–Crippen MR) is 47.7 cm³/mol. The number of rotatable bonds is 3. The molecule has 0 atom stereocenters. The molecule has 4 nitrogen and oxygen atoms in total. The number of piperidine rings is 1. The van der Waals surface area contributed by atoms with Crippen LogP contribution in [0, 0.1) is 6.92 Å². The minimum atomic E-state index is -3.21. The zero-order chi connectivity index (χ0) is 9.03. The number of nitrogens with zero attached hydrogens (tertiary/aromatic N) is 1. The third-order valence-electron chi connectivity index (χ3n) is 1.94. The summed E-state index contributed by atoms with van der Waals surface area (Å²) in [5, 5.41) is 0. The lowest BCUT2D eigenvalue weighted by atomic mass is 10.2. The van der Waals surface area contributed by atoms with Crippen LogP contribution in [-0.2, 0) is 10.2 Å². The van der Waals surface area contributed by atoms with Crippen molar-refractivity contribution in [3.8, 4) is 0 Å². The van der Waals surface area contributed by atoms with Gasteiger partial charge in [-0.1, -0.05) is 6.42 Å². The van der Waals surface area contributed by atoms with Crippen molar-refractivity contribution in [2.24, 2.45) is 0 Å². The molecule has 1 radical (unpaired) electrons. The van der Waals surface area contributed by atoms with Crippen molar-refractivity contribution in [3.05, 3.63) is 6.92 Å². The highest BCUT2D eigenvalue weighted by Crippen LogP contribution is 2.11. The average molecular weight is 191 g/mol. The fourth-order valence-corrected chi connectivity index (χ4v) is 2.50. The van der Waals surface area contributed by atoms with Crippen LogP contribution in [0.1, 0.15) is 19.3 Å². The van der Waals surface area contributed by atoms with E-state index in [0.717, 1.165) is 19.3 Å². The van der Waals surface area contributed by atoms with E-state index in [0.29, 0.717) is 13.1 Å². The van der Waals surface area contributed by atoms with Crippen molar-refractivity contribution in [1.82, 2.24) is 9.03 Å². The second-order valence-corrected chi connectivity index (χ2v) is 4.61. The molecule has 0 aromatic rings. The van der Waals surface area contributed by atoms with Crippen molar-refractivity contribution in [1.29, 1.82) is 0 Å². The Hall–Kier alpha value is -0.130. The third kappa shape index (κ3) is 2.43. The van der Waals surface area contributed by atoms with Crippen molar-refractivity contribution in [3.63, 3.8) is 0 Å². The first kappa shape index (κ1) is 9.95. The van der Waals surface area contributed by atoms with Gasteiger partial charge in [0.2, 0.25) is 0 Å². The summed E-state index contributed by atoms with van der Waals surface area (Å²) in [5.41, 5.74) is 0. The summed E-state index contributed by atoms with van der Waals surface area (Å²) < 4.78 is 26.6. The molecule has 0 saturated carbocycles. The molecule has 0 aliphatic carbocycles. The first-order valence-corrected chi connectivity index (χ1v) is 5.65. The van der Waals surface area contributed by atoms with Crippen LogP contribution in [0.25, 0.3) is 0 Å². The fraction of sp³-hybridized carbons (Fsp3) is 0.857. The second-order valence-electron chi connectivity index (χ2n) is 2.86. The van der Waals surface area contributed by atoms with Crippen LogP contribution in [0.2, 0.25) is 0 Å². The Balaban J connectivity index is 2.54. The Kier molecular flexibility index (Phi) is 3.49. The van der Waals surface area contributed by atoms with Gasteiger partial charge in [-0.3, -0.25) is 0 Å². The summed E-state index contributed by atoms with van der Waals surface area (Å²) in [6, 6.07) is 0. The van der Waals surface area contributed by atoms with Crippen molar-refractivity contribution >= 4 is 10.2 Å². The lowest BCUT2D eigenvalue weighted by Crippen LogP contribution is -2.43. The van der Waals surface area contributed by atoms with Crippen LogP contribution < -0.4 is 4.72 Å². The molecule has 0 unspecified atom stereocenters. The summed E-state index contributed by atoms with van der Waals surface area (Å²) in [4.78, 5) is 0. The van der Waals surface area contributed by atoms with Crippen LogP contribution in [0.4, 0.5) is 0 Å². The number of hydrogen-bond donors (Lipinski definition) is 1. The monoisotopic (exact) mass is 191 g/mol. The van der Waals surface area contributed by atoms with Gasteiger partial charge in [-0.15, -0.1) is 0 Å². The lowest BCUT2D eigenvalue weighted by Gasteiger charge is -2.25. The molecule has 0 aromatic carbocycles. The molecule has 1 aliphatic rings. The largest absolute Gasteiger partial charge is 0.279 e. The van der Waals surface area contributed by atoms with E-state index in [-0.39, 0.29) is 6.54 Å². The van der Waals surface area contributed by atoms with Gasteiger partial charge in [-0.25, -0.2) is 4.72 Å². The highest BCUT2D eigenvalue weighted by atomic mass is 32.2. The Morgan fingerprint density at radius 1 is 1.25 bits per heavy atom. The molecule has 0 bridgehead atoms. The highest BCUT2D eigenvalue weighted by Gasteiger charge is 2.22. The molecule has 12 heavy (non-hydrogen) atoms. The minimum absolute atomic E-state index is 0.221. The molecule has 1 N–H and O–H groups in total. The molecule has 1 rings (SSSR count). The van der Waals surface area contributed by atoms with Crippen molar-refractivity contribution in [2.75, 3.05) is 19.6 Å². The maximum absolute atomic E-state index is 11.4. The average Bonchev–Trinajstić information content (AvgIpc) is 2.06. The summed E-state index contributed by atoms with van der Waals surface area (Å²) >= 11 is 0. The zero-order valence-electron chi connectivity index (χ0n) is 7.12. The quantitative estimate of drug-likeness (QED) is 0.690. The van der Waals surface area contributed by atoms with Gasteiger partial charge >= 0.3 is 0 Å². The van der Waals surface area contributed by atoms with Gasteiger partial charge in [0.1, 0.15) is 0 Å². The molecule has 1 saturated heterocycles. The maximum atomic E-state index is 11.4. The minimum Gasteiger partial charge on any atom is -0.202 e. The first-order valence-electron chi connectivity index (χ1n) is 4.21. The van der Waals surface area contributed by atoms with Crippen molar-refractivity contribution < 1.29 is 8.42 Å². The van der Waals surface area contributed by atoms with Crippen LogP contribution in [-0.4, -0.2) is 32.4 Å². The summed E-state index contributed by atoms with van der Waals surface area (Å²) in [5.74, 6) is 0. The van der Waals surface area contributed by atoms with Gasteiger partial charge in [0.25, 0.3) is 10.2 Å². The first-order chi connectivity index (χ1) is 5.67. The summed E-state index contributed by atoms with van der Waals surface area (Å²) in [6.45, 7) is 4.97. The van der Waals surface area contributed by atoms with E-state index in [1.807, 2.05) is 0 Å². The Morgan fingerprint density at radius 2 is 1.83 bits per heavy atom. The SMILES string of the molecule is [CH2]CNS(=O)(=O)N1CCCCC1. The molecular formula is C7H15N2O2S. The molecule has 0 amide bonds. The van der Waals surface area contributed by atoms with Crippen LogP contribution >= 0.6 is 0 Å². The van der Waals surface area contributed by atoms with Gasteiger partial charge in [0, 0.05) is 19.6 Å². The summed E-state index contributed by atoms with van der Waals surface area (Å²) in [6.07, 6.45) is 3.08. The maximum Gasteiger partial charge on any atom is 0.279 e. The Labute approximate surface area is 74.1 Å². The highest BCUT2D eigenvalue weighted by molar-refractivity contribution is 7.87. The van der Waals surface area contributed by atoms with Crippen LogP contribution in [0.3, 0.4) is 0 Å². The Bertz CT molecular complexity index is 220. The molecule has 0 spiro atoms. The van der Waals surface area contributed by atoms with Gasteiger partial charge in [-0.2, -0.15) is 12.7 Å². The lowest BCUT2D eigenvalue weighted by molar-refractivity contribution is 0.342. The molecule has 71 valence electrons. The van der Waals surface area contributed by atoms with Crippen LogP contribution in [0.5, 0.6) is 0 Å². The molecule has 5 heteroatoms. The molecular weight excluding hydrogens is 176 g/mol. The van der Waals surface area contributed by atoms with Crippen LogP contribution in [0.15, 0.2) is 0 Å². The number of nitrogens with one attached hydrogen (secondary N) is 1. The van der Waals surface area contributed by atoms with E-state index in [4.69, 9.17) is 0 Å². The molecule has 1 heterocycles. The fourth-order valence-electron chi connectivity index (χ4n) is 1.33. The van der Waals surface area contributed by atoms with E-state index < -0.39 is 10.2 Å². The van der Waals surface area contributed by atoms with E-state index >= 15 is 0 Å². The van der Waals surface area contributed by atoms with E-state index in [1.165, 1.54) is 4.31 Å². The van der Waals surface area contributed by atoms with Gasteiger partial charge < -0.3 is 0 Å². The zero-order valence-corrected chi connectivity index (χ0v) is 7.94. The van der Waals surface area contributed by atoms with E-state index in [2.05, 4.69) is 11.6 Å². The van der Waals surface area contributed by atoms with Crippen molar-refractivity contribution in [2.45, 2.75) is 19.3 Å². The van der Waals surface area contributed by atoms with E-state index in [1.54, 1.807) is 0 Å². The molecule has 1 aliphatic heterocycles. The van der Waals surface area contributed by atoms with Gasteiger partial charge in [0.05, 0.1) is 0 Å². The standard InChI is InChI=1S/C7H15N2O2S/c1-2-8-12(10,11)9-6-4-3-5-7-9/h8H,1-7H2. The summed E-state index contributed by atoms with van der Waals surface area (Å²) in [7, 11) is -3.21. The predicted octanol–water partition coefficient (Wildman–Crippen LogP) is 0.141. The van der Waals surface area contributed by atoms with E-state index in [9.17, 15) is 8.42 Å². The topological polar surface area (TPSA) is 49.4 Å². The Morgan fingerprint density at radius 3 is 2.33 bits per heavy atom. The number of hydrogen-bond acceptors (Lipinski definition) is 2. The second kappa shape index (κ2) is 4.20. The normalized spacial score (nSPS) is 21.1. The smallest absolute Gasteiger partial charge is 0.202 e. The molecule has 0 aromatic heterocycles. The third-order valence-corrected chi connectivity index (χ3v) is 3.55. The molecule has 1 fully saturated rings.